The molecule has 5 rings (SSSR count). The highest BCUT2D eigenvalue weighted by Crippen LogP contribution is 2.61. The zero-order valence-corrected chi connectivity index (χ0v) is 16.6. The smallest absolute Gasteiger partial charge is 0.271 e. The fraction of sp³-hybridized carbons (Fsp3) is 0.636. The molecule has 146 valence electrons. The average Bonchev–Trinajstić information content (AvgIpc) is 2.64. The predicted molar refractivity (Wildman–Crippen MR) is 105 cm³/mol. The summed E-state index contributed by atoms with van der Waals surface area (Å²) in [6.07, 6.45) is 9.42. The highest BCUT2D eigenvalue weighted by atomic mass is 16.5. The maximum absolute atomic E-state index is 12.5. The highest BCUT2D eigenvalue weighted by molar-refractivity contribution is 5.96. The van der Waals surface area contributed by atoms with E-state index in [0.717, 1.165) is 29.9 Å². The first-order valence-corrected chi connectivity index (χ1v) is 10.1. The van der Waals surface area contributed by atoms with Gasteiger partial charge in [-0.25, -0.2) is 5.43 Å². The fourth-order valence-corrected chi connectivity index (χ4v) is 6.24. The molecule has 0 spiro atoms. The van der Waals surface area contributed by atoms with Crippen LogP contribution in [0.3, 0.4) is 0 Å². The van der Waals surface area contributed by atoms with Crippen molar-refractivity contribution in [2.24, 2.45) is 28.3 Å². The summed E-state index contributed by atoms with van der Waals surface area (Å²) in [5.41, 5.74) is 4.67. The van der Waals surface area contributed by atoms with Gasteiger partial charge in [0.15, 0.2) is 0 Å². The third-order valence-corrected chi connectivity index (χ3v) is 6.76. The number of nitrogens with zero attached hydrogens (tertiary/aromatic N) is 1. The van der Waals surface area contributed by atoms with Crippen LogP contribution in [0.4, 0.5) is 0 Å². The van der Waals surface area contributed by atoms with Gasteiger partial charge in [0.2, 0.25) is 0 Å². The van der Waals surface area contributed by atoms with Crippen LogP contribution < -0.4 is 14.9 Å². The third kappa shape index (κ3) is 3.83. The molecule has 4 aliphatic carbocycles. The molecule has 1 aromatic carbocycles. The number of carbonyl (C=O) groups excluding carboxylic acids is 1. The van der Waals surface area contributed by atoms with Gasteiger partial charge in [-0.15, -0.1) is 0 Å². The molecule has 4 fully saturated rings. The number of benzene rings is 1. The zero-order chi connectivity index (χ0) is 19.0. The van der Waals surface area contributed by atoms with Crippen LogP contribution in [-0.2, 0) is 0 Å². The first-order chi connectivity index (χ1) is 13.0. The van der Waals surface area contributed by atoms with E-state index in [1.54, 1.807) is 32.4 Å². The molecule has 0 aromatic heterocycles. The molecule has 0 unspecified atom stereocenters. The van der Waals surface area contributed by atoms with E-state index in [-0.39, 0.29) is 5.91 Å². The molecular weight excluding hydrogens is 340 g/mol. The molecular formula is C22H30N2O3. The van der Waals surface area contributed by atoms with Crippen molar-refractivity contribution in [1.82, 2.24) is 5.43 Å². The minimum Gasteiger partial charge on any atom is -0.497 e. The summed E-state index contributed by atoms with van der Waals surface area (Å²) in [7, 11) is 3.15. The van der Waals surface area contributed by atoms with Crippen molar-refractivity contribution in [2.45, 2.75) is 51.9 Å². The maximum atomic E-state index is 12.5. The highest BCUT2D eigenvalue weighted by Gasteiger charge is 2.50. The lowest BCUT2D eigenvalue weighted by Gasteiger charge is -2.57. The van der Waals surface area contributed by atoms with Gasteiger partial charge in [-0.3, -0.25) is 4.79 Å². The minimum absolute atomic E-state index is 0.239. The van der Waals surface area contributed by atoms with Crippen LogP contribution in [0, 0.1) is 23.2 Å². The van der Waals surface area contributed by atoms with E-state index in [4.69, 9.17) is 9.47 Å². The monoisotopic (exact) mass is 370 g/mol. The Hall–Kier alpha value is -2.04. The second-order valence-corrected chi connectivity index (χ2v) is 8.98. The number of amides is 1. The van der Waals surface area contributed by atoms with Crippen LogP contribution in [0.25, 0.3) is 0 Å². The number of nitrogens with one attached hydrogen (secondary N) is 1. The summed E-state index contributed by atoms with van der Waals surface area (Å²) in [5.74, 6) is 3.74. The summed E-state index contributed by atoms with van der Waals surface area (Å²) in [6.45, 7) is 2.05. The number of carbonyl (C=O) groups is 1. The minimum atomic E-state index is -0.239. The number of hydrogen-bond acceptors (Lipinski definition) is 4. The number of methoxy groups -OCH3 is 2. The SMILES string of the molecule is COc1cc(OC)cc(C(=O)N/N=C(/C)CC23CC4CC(CC(C4)C2)C3)c1. The molecule has 0 heterocycles. The summed E-state index contributed by atoms with van der Waals surface area (Å²) in [5, 5.41) is 4.42. The number of hydrogen-bond donors (Lipinski definition) is 1. The summed E-state index contributed by atoms with van der Waals surface area (Å²) >= 11 is 0. The van der Waals surface area contributed by atoms with Crippen molar-refractivity contribution in [1.29, 1.82) is 0 Å². The van der Waals surface area contributed by atoms with Crippen molar-refractivity contribution < 1.29 is 14.3 Å². The molecule has 1 amide bonds. The molecule has 5 heteroatoms. The third-order valence-electron chi connectivity index (χ3n) is 6.76. The van der Waals surface area contributed by atoms with Gasteiger partial charge in [-0.1, -0.05) is 0 Å². The van der Waals surface area contributed by atoms with E-state index in [0.29, 0.717) is 22.5 Å². The first-order valence-electron chi connectivity index (χ1n) is 10.1. The lowest BCUT2D eigenvalue weighted by atomic mass is 9.48. The Morgan fingerprint density at radius 2 is 1.56 bits per heavy atom. The van der Waals surface area contributed by atoms with Gasteiger partial charge in [0.1, 0.15) is 11.5 Å². The Morgan fingerprint density at radius 1 is 1.04 bits per heavy atom. The Morgan fingerprint density at radius 3 is 2.04 bits per heavy atom. The Bertz CT molecular complexity index is 698. The van der Waals surface area contributed by atoms with Crippen molar-refractivity contribution in [3.05, 3.63) is 23.8 Å². The number of hydrazone groups is 1. The topological polar surface area (TPSA) is 59.9 Å². The van der Waals surface area contributed by atoms with E-state index >= 15 is 0 Å². The van der Waals surface area contributed by atoms with Gasteiger partial charge in [-0.05, 0) is 87.2 Å². The van der Waals surface area contributed by atoms with Gasteiger partial charge >= 0.3 is 0 Å². The van der Waals surface area contributed by atoms with Crippen molar-refractivity contribution in [2.75, 3.05) is 14.2 Å². The van der Waals surface area contributed by atoms with Crippen LogP contribution in [0.1, 0.15) is 62.2 Å². The van der Waals surface area contributed by atoms with Gasteiger partial charge in [0, 0.05) is 17.3 Å². The lowest BCUT2D eigenvalue weighted by Crippen LogP contribution is -2.46. The van der Waals surface area contributed by atoms with E-state index < -0.39 is 0 Å². The van der Waals surface area contributed by atoms with Crippen molar-refractivity contribution >= 4 is 11.6 Å². The first kappa shape index (κ1) is 18.3. The van der Waals surface area contributed by atoms with Crippen molar-refractivity contribution in [3.63, 3.8) is 0 Å². The Kier molecular flexibility index (Phi) is 4.87. The van der Waals surface area contributed by atoms with Crippen molar-refractivity contribution in [3.8, 4) is 11.5 Å². The summed E-state index contributed by atoms with van der Waals surface area (Å²) in [6, 6.07) is 5.14. The van der Waals surface area contributed by atoms with Crippen LogP contribution in [0.15, 0.2) is 23.3 Å². The van der Waals surface area contributed by atoms with Gasteiger partial charge < -0.3 is 9.47 Å². The van der Waals surface area contributed by atoms with Crippen LogP contribution >= 0.6 is 0 Å². The molecule has 0 aliphatic heterocycles. The average molecular weight is 370 g/mol. The van der Waals surface area contributed by atoms with Gasteiger partial charge in [0.05, 0.1) is 14.2 Å². The van der Waals surface area contributed by atoms with Crippen LogP contribution in [0.5, 0.6) is 11.5 Å². The molecule has 0 radical (unpaired) electrons. The molecule has 4 aliphatic rings. The van der Waals surface area contributed by atoms with Gasteiger partial charge in [-0.2, -0.15) is 5.10 Å². The molecule has 4 saturated carbocycles. The fourth-order valence-electron chi connectivity index (χ4n) is 6.24. The summed E-state index contributed by atoms with van der Waals surface area (Å²) < 4.78 is 10.5. The quantitative estimate of drug-likeness (QED) is 0.596. The maximum Gasteiger partial charge on any atom is 0.271 e. The molecule has 1 N–H and O–H groups in total. The Labute approximate surface area is 161 Å². The van der Waals surface area contributed by atoms with Crippen LogP contribution in [-0.4, -0.2) is 25.8 Å². The van der Waals surface area contributed by atoms with E-state index in [9.17, 15) is 4.79 Å². The van der Waals surface area contributed by atoms with Crippen LogP contribution in [0.2, 0.25) is 0 Å². The predicted octanol–water partition coefficient (Wildman–Crippen LogP) is 4.42. The van der Waals surface area contributed by atoms with E-state index in [1.165, 1.54) is 38.5 Å². The molecule has 27 heavy (non-hydrogen) atoms. The second kappa shape index (κ2) is 7.17. The molecule has 5 nitrogen and oxygen atoms in total. The molecule has 0 atom stereocenters. The number of rotatable bonds is 6. The molecule has 0 saturated heterocycles. The van der Waals surface area contributed by atoms with Gasteiger partial charge in [0.25, 0.3) is 5.91 Å². The van der Waals surface area contributed by atoms with E-state index in [1.807, 2.05) is 6.92 Å². The lowest BCUT2D eigenvalue weighted by molar-refractivity contribution is -0.0482. The zero-order valence-electron chi connectivity index (χ0n) is 16.6. The molecule has 4 bridgehead atoms. The standard InChI is InChI=1S/C22H30N2O3/c1-14(10-22-11-15-4-16(12-22)6-17(5-15)13-22)23-24-21(25)18-7-19(26-2)9-20(8-18)27-3/h7-9,15-17H,4-6,10-13H2,1-3H3,(H,24,25)/b23-14-. The largest absolute Gasteiger partial charge is 0.497 e. The Balaban J connectivity index is 1.41. The number of ether oxygens (including phenoxy) is 2. The second-order valence-electron chi connectivity index (χ2n) is 8.98. The van der Waals surface area contributed by atoms with E-state index in [2.05, 4.69) is 10.5 Å². The molecule has 1 aromatic rings. The summed E-state index contributed by atoms with van der Waals surface area (Å²) in [4.78, 5) is 12.5. The normalized spacial score (nSPS) is 31.7.